The van der Waals surface area contributed by atoms with Gasteiger partial charge in [0.1, 0.15) is 5.75 Å². The van der Waals surface area contributed by atoms with Gasteiger partial charge < -0.3 is 19.5 Å². The van der Waals surface area contributed by atoms with Crippen LogP contribution >= 0.6 is 0 Å². The van der Waals surface area contributed by atoms with Crippen LogP contribution in [0, 0.1) is 11.3 Å². The molecule has 0 aliphatic heterocycles. The van der Waals surface area contributed by atoms with Crippen LogP contribution in [0.15, 0.2) is 24.3 Å². The number of hydrogen-bond donors (Lipinski definition) is 1. The number of rotatable bonds is 8. The summed E-state index contributed by atoms with van der Waals surface area (Å²) in [5, 5.41) is 3.24. The van der Waals surface area contributed by atoms with Gasteiger partial charge in [0.15, 0.2) is 5.41 Å². The third kappa shape index (κ3) is 3.57. The Bertz CT molecular complexity index is 537. The molecule has 0 aromatic heterocycles. The number of anilines is 1. The van der Waals surface area contributed by atoms with Crippen molar-refractivity contribution in [2.24, 2.45) is 11.3 Å². The number of methoxy groups -OCH3 is 1. The molecule has 0 spiro atoms. The minimum atomic E-state index is -1.15. The average molecular weight is 321 g/mol. The molecule has 126 valence electrons. The van der Waals surface area contributed by atoms with Crippen LogP contribution in [-0.2, 0) is 19.1 Å². The van der Waals surface area contributed by atoms with Gasteiger partial charge in [0.05, 0.1) is 20.3 Å². The van der Waals surface area contributed by atoms with Gasteiger partial charge in [0.2, 0.25) is 0 Å². The number of carbonyl (C=O) groups is 2. The molecule has 1 fully saturated rings. The van der Waals surface area contributed by atoms with Crippen LogP contribution in [0.4, 0.5) is 5.69 Å². The Morgan fingerprint density at radius 1 is 1.13 bits per heavy atom. The highest BCUT2D eigenvalue weighted by molar-refractivity contribution is 6.04. The topological polar surface area (TPSA) is 73.9 Å². The van der Waals surface area contributed by atoms with E-state index in [0.29, 0.717) is 13.0 Å². The molecule has 1 N–H and O–H groups in total. The first-order chi connectivity index (χ1) is 11.1. The number of esters is 2. The number of ether oxygens (including phenoxy) is 3. The SMILES string of the molecule is CCOC(=O)C1(C(=O)OCC)CC1CNc1ccc(OC)cc1. The number of nitrogens with one attached hydrogen (secondary N) is 1. The van der Waals surface area contributed by atoms with Crippen molar-refractivity contribution >= 4 is 17.6 Å². The fraction of sp³-hybridized carbons (Fsp3) is 0.529. The van der Waals surface area contributed by atoms with E-state index in [9.17, 15) is 9.59 Å². The molecule has 0 heterocycles. The maximum absolute atomic E-state index is 12.2. The summed E-state index contributed by atoms with van der Waals surface area (Å²) in [5.74, 6) is -0.322. The van der Waals surface area contributed by atoms with Gasteiger partial charge in [0, 0.05) is 18.2 Å². The zero-order valence-corrected chi connectivity index (χ0v) is 13.8. The van der Waals surface area contributed by atoms with Crippen LogP contribution in [0.1, 0.15) is 20.3 Å². The molecule has 1 aliphatic rings. The molecule has 1 atom stereocenters. The number of hydrogen-bond acceptors (Lipinski definition) is 6. The van der Waals surface area contributed by atoms with Gasteiger partial charge in [-0.2, -0.15) is 0 Å². The summed E-state index contributed by atoms with van der Waals surface area (Å²) in [6.07, 6.45) is 0.452. The quantitative estimate of drug-likeness (QED) is 0.585. The van der Waals surface area contributed by atoms with Crippen molar-refractivity contribution in [2.45, 2.75) is 20.3 Å². The molecule has 1 unspecified atom stereocenters. The highest BCUT2D eigenvalue weighted by atomic mass is 16.6. The molecule has 23 heavy (non-hydrogen) atoms. The fourth-order valence-electron chi connectivity index (χ4n) is 2.63. The second-order valence-corrected chi connectivity index (χ2v) is 5.42. The number of benzene rings is 1. The van der Waals surface area contributed by atoms with Crippen molar-refractivity contribution in [1.29, 1.82) is 0 Å². The van der Waals surface area contributed by atoms with Crippen LogP contribution in [0.5, 0.6) is 5.75 Å². The van der Waals surface area contributed by atoms with Crippen molar-refractivity contribution in [1.82, 2.24) is 0 Å². The molecular weight excluding hydrogens is 298 g/mol. The largest absolute Gasteiger partial charge is 0.497 e. The van der Waals surface area contributed by atoms with Crippen molar-refractivity contribution in [3.63, 3.8) is 0 Å². The second-order valence-electron chi connectivity index (χ2n) is 5.42. The summed E-state index contributed by atoms with van der Waals surface area (Å²) in [4.78, 5) is 24.4. The molecule has 0 amide bonds. The molecule has 6 heteroatoms. The summed E-state index contributed by atoms with van der Waals surface area (Å²) < 4.78 is 15.2. The lowest BCUT2D eigenvalue weighted by atomic mass is 10.0. The fourth-order valence-corrected chi connectivity index (χ4v) is 2.63. The Labute approximate surface area is 136 Å². The molecule has 1 saturated carbocycles. The van der Waals surface area contributed by atoms with Gasteiger partial charge in [-0.05, 0) is 44.5 Å². The monoisotopic (exact) mass is 321 g/mol. The first-order valence-electron chi connectivity index (χ1n) is 7.80. The molecule has 0 saturated heterocycles. The Kier molecular flexibility index (Phi) is 5.47. The molecule has 1 aliphatic carbocycles. The normalized spacial score (nSPS) is 18.0. The van der Waals surface area contributed by atoms with Crippen molar-refractivity contribution in [2.75, 3.05) is 32.2 Å². The van der Waals surface area contributed by atoms with Crippen LogP contribution in [-0.4, -0.2) is 38.8 Å². The van der Waals surface area contributed by atoms with E-state index in [-0.39, 0.29) is 19.1 Å². The molecule has 1 aromatic carbocycles. The Balaban J connectivity index is 1.99. The van der Waals surface area contributed by atoms with E-state index in [0.717, 1.165) is 11.4 Å². The van der Waals surface area contributed by atoms with Crippen molar-refractivity contribution in [3.05, 3.63) is 24.3 Å². The third-order valence-electron chi connectivity index (χ3n) is 4.03. The first kappa shape index (κ1) is 17.1. The predicted molar refractivity (Wildman–Crippen MR) is 85.3 cm³/mol. The summed E-state index contributed by atoms with van der Waals surface area (Å²) >= 11 is 0. The van der Waals surface area contributed by atoms with Crippen LogP contribution in [0.25, 0.3) is 0 Å². The summed E-state index contributed by atoms with van der Waals surface area (Å²) in [6.45, 7) is 4.45. The van der Waals surface area contributed by atoms with Gasteiger partial charge in [-0.1, -0.05) is 0 Å². The van der Waals surface area contributed by atoms with E-state index in [1.807, 2.05) is 24.3 Å². The summed E-state index contributed by atoms with van der Waals surface area (Å²) in [7, 11) is 1.61. The molecular formula is C17H23NO5. The summed E-state index contributed by atoms with van der Waals surface area (Å²) in [6, 6.07) is 7.47. The lowest BCUT2D eigenvalue weighted by molar-refractivity contribution is -0.164. The van der Waals surface area contributed by atoms with Gasteiger partial charge in [-0.15, -0.1) is 0 Å². The molecule has 6 nitrogen and oxygen atoms in total. The molecule has 0 radical (unpaired) electrons. The van der Waals surface area contributed by atoms with Crippen LogP contribution < -0.4 is 10.1 Å². The lowest BCUT2D eigenvalue weighted by Gasteiger charge is -2.15. The number of carbonyl (C=O) groups excluding carboxylic acids is 2. The first-order valence-corrected chi connectivity index (χ1v) is 7.80. The second kappa shape index (κ2) is 7.35. The van der Waals surface area contributed by atoms with Gasteiger partial charge in [-0.25, -0.2) is 0 Å². The Morgan fingerprint density at radius 3 is 2.17 bits per heavy atom. The molecule has 1 aromatic rings. The zero-order chi connectivity index (χ0) is 16.9. The van der Waals surface area contributed by atoms with E-state index in [1.54, 1.807) is 21.0 Å². The standard InChI is InChI=1S/C17H23NO5/c1-4-22-15(19)17(16(20)23-5-2)10-12(17)11-18-13-6-8-14(21-3)9-7-13/h6-9,12,18H,4-5,10-11H2,1-3H3. The van der Waals surface area contributed by atoms with E-state index in [2.05, 4.69) is 5.32 Å². The third-order valence-corrected chi connectivity index (χ3v) is 4.03. The van der Waals surface area contributed by atoms with Crippen LogP contribution in [0.3, 0.4) is 0 Å². The predicted octanol–water partition coefficient (Wildman–Crippen LogP) is 2.24. The van der Waals surface area contributed by atoms with E-state index in [1.165, 1.54) is 0 Å². The van der Waals surface area contributed by atoms with Gasteiger partial charge in [-0.3, -0.25) is 9.59 Å². The van der Waals surface area contributed by atoms with E-state index < -0.39 is 17.4 Å². The minimum absolute atomic E-state index is 0.122. The minimum Gasteiger partial charge on any atom is -0.497 e. The van der Waals surface area contributed by atoms with Gasteiger partial charge in [0.25, 0.3) is 0 Å². The zero-order valence-electron chi connectivity index (χ0n) is 13.8. The highest BCUT2D eigenvalue weighted by Crippen LogP contribution is 2.54. The highest BCUT2D eigenvalue weighted by Gasteiger charge is 2.67. The lowest BCUT2D eigenvalue weighted by Crippen LogP contribution is -2.33. The van der Waals surface area contributed by atoms with Crippen LogP contribution in [0.2, 0.25) is 0 Å². The summed E-state index contributed by atoms with van der Waals surface area (Å²) in [5.41, 5.74) is -0.245. The Hall–Kier alpha value is -2.24. The maximum Gasteiger partial charge on any atom is 0.323 e. The maximum atomic E-state index is 12.2. The smallest absolute Gasteiger partial charge is 0.323 e. The van der Waals surface area contributed by atoms with E-state index >= 15 is 0 Å². The molecule has 2 rings (SSSR count). The average Bonchev–Trinajstić information content (AvgIpc) is 3.30. The van der Waals surface area contributed by atoms with Crippen molar-refractivity contribution in [3.8, 4) is 5.75 Å². The van der Waals surface area contributed by atoms with Gasteiger partial charge >= 0.3 is 11.9 Å². The Morgan fingerprint density at radius 2 is 1.70 bits per heavy atom. The van der Waals surface area contributed by atoms with Crippen molar-refractivity contribution < 1.29 is 23.8 Å². The van der Waals surface area contributed by atoms with E-state index in [4.69, 9.17) is 14.2 Å². The molecule has 0 bridgehead atoms.